The molecule has 0 spiro atoms. The highest BCUT2D eigenvalue weighted by molar-refractivity contribution is 9.10. The number of fused-ring (bicyclic) bond motifs is 1. The zero-order valence-electron chi connectivity index (χ0n) is 12.2. The molecule has 0 amide bonds. The maximum Gasteiger partial charge on any atom is 0.120 e. The molecule has 1 N–H and O–H groups in total. The van der Waals surface area contributed by atoms with Crippen LogP contribution in [0.1, 0.15) is 23.6 Å². The van der Waals surface area contributed by atoms with Crippen LogP contribution in [0.25, 0.3) is 0 Å². The molecule has 3 rings (SSSR count). The SMILES string of the molecule is CNC1c2ccccc2CC1CCOc1cccc(Br)c1. The number of rotatable bonds is 5. The monoisotopic (exact) mass is 345 g/mol. The maximum absolute atomic E-state index is 5.88. The first-order chi connectivity index (χ1) is 10.3. The Balaban J connectivity index is 1.59. The topological polar surface area (TPSA) is 21.3 Å². The largest absolute Gasteiger partial charge is 0.494 e. The molecule has 110 valence electrons. The number of benzene rings is 2. The van der Waals surface area contributed by atoms with Crippen molar-refractivity contribution < 1.29 is 4.74 Å². The number of hydrogen-bond donors (Lipinski definition) is 1. The Labute approximate surface area is 134 Å². The van der Waals surface area contributed by atoms with Crippen LogP contribution in [0.5, 0.6) is 5.75 Å². The molecule has 21 heavy (non-hydrogen) atoms. The third-order valence-electron chi connectivity index (χ3n) is 4.21. The van der Waals surface area contributed by atoms with Gasteiger partial charge >= 0.3 is 0 Å². The van der Waals surface area contributed by atoms with Crippen molar-refractivity contribution >= 4 is 15.9 Å². The predicted octanol–water partition coefficient (Wildman–Crippen LogP) is 4.35. The second-order valence-corrected chi connectivity index (χ2v) is 6.44. The lowest BCUT2D eigenvalue weighted by atomic mass is 9.97. The second-order valence-electron chi connectivity index (χ2n) is 5.52. The third-order valence-corrected chi connectivity index (χ3v) is 4.70. The molecule has 0 saturated heterocycles. The minimum atomic E-state index is 0.451. The van der Waals surface area contributed by atoms with E-state index in [1.54, 1.807) is 0 Å². The molecular weight excluding hydrogens is 326 g/mol. The number of nitrogens with one attached hydrogen (secondary N) is 1. The van der Waals surface area contributed by atoms with E-state index in [-0.39, 0.29) is 0 Å². The van der Waals surface area contributed by atoms with Gasteiger partial charge in [0.2, 0.25) is 0 Å². The first-order valence-electron chi connectivity index (χ1n) is 7.41. The van der Waals surface area contributed by atoms with Crippen LogP contribution >= 0.6 is 15.9 Å². The van der Waals surface area contributed by atoms with Gasteiger partial charge in [0.25, 0.3) is 0 Å². The smallest absolute Gasteiger partial charge is 0.120 e. The molecule has 2 nitrogen and oxygen atoms in total. The van der Waals surface area contributed by atoms with Crippen LogP contribution in [0.2, 0.25) is 0 Å². The molecule has 0 aromatic heterocycles. The van der Waals surface area contributed by atoms with Gasteiger partial charge in [-0.25, -0.2) is 0 Å². The number of halogens is 1. The van der Waals surface area contributed by atoms with Gasteiger partial charge in [0.05, 0.1) is 6.61 Å². The Bertz CT molecular complexity index is 614. The van der Waals surface area contributed by atoms with Crippen molar-refractivity contribution in [1.29, 1.82) is 0 Å². The van der Waals surface area contributed by atoms with E-state index in [1.165, 1.54) is 11.1 Å². The molecular formula is C18H20BrNO. The first-order valence-corrected chi connectivity index (χ1v) is 8.20. The van der Waals surface area contributed by atoms with E-state index in [0.29, 0.717) is 12.0 Å². The van der Waals surface area contributed by atoms with Crippen molar-refractivity contribution in [3.63, 3.8) is 0 Å². The fraction of sp³-hybridized carbons (Fsp3) is 0.333. The van der Waals surface area contributed by atoms with E-state index in [4.69, 9.17) is 4.74 Å². The quantitative estimate of drug-likeness (QED) is 0.869. The Kier molecular flexibility index (Phi) is 4.61. The summed E-state index contributed by atoms with van der Waals surface area (Å²) in [6.07, 6.45) is 2.20. The van der Waals surface area contributed by atoms with Crippen molar-refractivity contribution in [3.8, 4) is 5.75 Å². The van der Waals surface area contributed by atoms with Crippen LogP contribution < -0.4 is 10.1 Å². The molecule has 2 unspecified atom stereocenters. The maximum atomic E-state index is 5.88. The van der Waals surface area contributed by atoms with Gasteiger partial charge in [-0.1, -0.05) is 46.3 Å². The average molecular weight is 346 g/mol. The van der Waals surface area contributed by atoms with Crippen LogP contribution in [0, 0.1) is 5.92 Å². The van der Waals surface area contributed by atoms with Gasteiger partial charge in [-0.15, -0.1) is 0 Å². The van der Waals surface area contributed by atoms with Crippen LogP contribution in [0.15, 0.2) is 53.0 Å². The summed E-state index contributed by atoms with van der Waals surface area (Å²) in [5.41, 5.74) is 2.93. The summed E-state index contributed by atoms with van der Waals surface area (Å²) >= 11 is 3.47. The fourth-order valence-electron chi connectivity index (χ4n) is 3.22. The van der Waals surface area contributed by atoms with Gasteiger partial charge in [-0.05, 0) is 55.1 Å². The van der Waals surface area contributed by atoms with E-state index >= 15 is 0 Å². The molecule has 0 aliphatic heterocycles. The molecule has 0 heterocycles. The van der Waals surface area contributed by atoms with E-state index < -0.39 is 0 Å². The van der Waals surface area contributed by atoms with Gasteiger partial charge < -0.3 is 10.1 Å². The molecule has 0 bridgehead atoms. The van der Waals surface area contributed by atoms with Crippen molar-refractivity contribution in [2.24, 2.45) is 5.92 Å². The summed E-state index contributed by atoms with van der Waals surface area (Å²) in [6.45, 7) is 0.757. The molecule has 2 aromatic rings. The van der Waals surface area contributed by atoms with Crippen molar-refractivity contribution in [1.82, 2.24) is 5.32 Å². The molecule has 3 heteroatoms. The van der Waals surface area contributed by atoms with Gasteiger partial charge in [0.15, 0.2) is 0 Å². The van der Waals surface area contributed by atoms with Gasteiger partial charge in [0, 0.05) is 10.5 Å². The third kappa shape index (κ3) is 3.30. The Hall–Kier alpha value is -1.32. The predicted molar refractivity (Wildman–Crippen MR) is 89.7 cm³/mol. The van der Waals surface area contributed by atoms with Gasteiger partial charge in [0.1, 0.15) is 5.75 Å². The first kappa shape index (κ1) is 14.6. The fourth-order valence-corrected chi connectivity index (χ4v) is 3.60. The van der Waals surface area contributed by atoms with Crippen molar-refractivity contribution in [2.45, 2.75) is 18.9 Å². The summed E-state index contributed by atoms with van der Waals surface area (Å²) in [7, 11) is 2.05. The van der Waals surface area contributed by atoms with E-state index in [2.05, 4.69) is 52.6 Å². The minimum Gasteiger partial charge on any atom is -0.494 e. The van der Waals surface area contributed by atoms with Crippen LogP contribution in [-0.4, -0.2) is 13.7 Å². The molecule has 2 atom stereocenters. The average Bonchev–Trinajstić information content (AvgIpc) is 2.84. The normalized spacial score (nSPS) is 20.3. The van der Waals surface area contributed by atoms with Crippen LogP contribution in [0.3, 0.4) is 0 Å². The highest BCUT2D eigenvalue weighted by Gasteiger charge is 2.30. The lowest BCUT2D eigenvalue weighted by Gasteiger charge is -2.20. The van der Waals surface area contributed by atoms with E-state index in [1.807, 2.05) is 24.3 Å². The van der Waals surface area contributed by atoms with Gasteiger partial charge in [-0.2, -0.15) is 0 Å². The number of ether oxygens (including phenoxy) is 1. The molecule has 2 aromatic carbocycles. The minimum absolute atomic E-state index is 0.451. The lowest BCUT2D eigenvalue weighted by Crippen LogP contribution is -2.23. The summed E-state index contributed by atoms with van der Waals surface area (Å²) in [4.78, 5) is 0. The molecule has 1 aliphatic rings. The van der Waals surface area contributed by atoms with Crippen molar-refractivity contribution in [2.75, 3.05) is 13.7 Å². The zero-order valence-corrected chi connectivity index (χ0v) is 13.8. The summed E-state index contributed by atoms with van der Waals surface area (Å²) in [5, 5.41) is 3.46. The number of hydrogen-bond acceptors (Lipinski definition) is 2. The standard InChI is InChI=1S/C18H20BrNO/c1-20-18-14(11-13-5-2-3-8-17(13)18)9-10-21-16-7-4-6-15(19)12-16/h2-8,12,14,18,20H,9-11H2,1H3. The van der Waals surface area contributed by atoms with Gasteiger partial charge in [-0.3, -0.25) is 0 Å². The lowest BCUT2D eigenvalue weighted by molar-refractivity contribution is 0.259. The molecule has 0 fully saturated rings. The van der Waals surface area contributed by atoms with Crippen LogP contribution in [0.4, 0.5) is 0 Å². The molecule has 0 radical (unpaired) electrons. The summed E-state index contributed by atoms with van der Waals surface area (Å²) < 4.78 is 6.94. The highest BCUT2D eigenvalue weighted by atomic mass is 79.9. The Morgan fingerprint density at radius 1 is 1.19 bits per heavy atom. The second kappa shape index (κ2) is 6.63. The summed E-state index contributed by atoms with van der Waals surface area (Å²) in [6, 6.07) is 17.2. The Morgan fingerprint density at radius 2 is 2.05 bits per heavy atom. The highest BCUT2D eigenvalue weighted by Crippen LogP contribution is 2.37. The van der Waals surface area contributed by atoms with E-state index in [9.17, 15) is 0 Å². The molecule has 1 aliphatic carbocycles. The van der Waals surface area contributed by atoms with Crippen LogP contribution in [-0.2, 0) is 6.42 Å². The van der Waals surface area contributed by atoms with E-state index in [0.717, 1.165) is 29.7 Å². The Morgan fingerprint density at radius 3 is 2.86 bits per heavy atom. The van der Waals surface area contributed by atoms with Crippen molar-refractivity contribution in [3.05, 3.63) is 64.1 Å². The zero-order chi connectivity index (χ0) is 14.7. The summed E-state index contributed by atoms with van der Waals surface area (Å²) in [5.74, 6) is 1.54. The molecule has 0 saturated carbocycles.